The molecule has 1 aromatic rings. The van der Waals surface area contributed by atoms with Crippen molar-refractivity contribution in [3.63, 3.8) is 0 Å². The summed E-state index contributed by atoms with van der Waals surface area (Å²) in [4.78, 5) is 14.4. The van der Waals surface area contributed by atoms with E-state index in [-0.39, 0.29) is 11.8 Å². The molecule has 1 aromatic carbocycles. The molecule has 1 saturated heterocycles. The lowest BCUT2D eigenvalue weighted by Gasteiger charge is -2.28. The third-order valence-electron chi connectivity index (χ3n) is 3.44. The number of carbonyl (C=O) groups is 1. The molecule has 4 heteroatoms. The monoisotopic (exact) mass is 358 g/mol. The fourth-order valence-electron chi connectivity index (χ4n) is 2.38. The molecule has 98 valence electrons. The molecule has 0 aliphatic carbocycles. The van der Waals surface area contributed by atoms with Gasteiger partial charge in [0.05, 0.1) is 5.92 Å². The number of amides is 1. The Hall–Kier alpha value is -0.620. The van der Waals surface area contributed by atoms with Crippen LogP contribution in [0.5, 0.6) is 0 Å². The van der Waals surface area contributed by atoms with Crippen LogP contribution in [0.4, 0.5) is 5.69 Å². The number of benzene rings is 1. The number of aryl methyl sites for hydroxylation is 1. The van der Waals surface area contributed by atoms with Crippen molar-refractivity contribution in [3.05, 3.63) is 27.3 Å². The maximum Gasteiger partial charge on any atom is 0.228 e. The van der Waals surface area contributed by atoms with Crippen molar-refractivity contribution < 1.29 is 4.79 Å². The van der Waals surface area contributed by atoms with Crippen molar-refractivity contribution in [3.8, 4) is 0 Å². The Bertz CT molecular complexity index is 447. The lowest BCUT2D eigenvalue weighted by atomic mass is 9.97. The average Bonchev–Trinajstić information content (AvgIpc) is 2.32. The second-order valence-corrected chi connectivity index (χ2v) is 6.30. The van der Waals surface area contributed by atoms with Crippen molar-refractivity contribution in [2.24, 2.45) is 5.92 Å². The Morgan fingerprint density at radius 2 is 2.28 bits per heavy atom. The first kappa shape index (κ1) is 13.8. The number of halogens is 1. The van der Waals surface area contributed by atoms with E-state index in [1.165, 1.54) is 3.57 Å². The average molecular weight is 358 g/mol. The van der Waals surface area contributed by atoms with Crippen LogP contribution in [-0.4, -0.2) is 30.9 Å². The van der Waals surface area contributed by atoms with Crippen LogP contribution >= 0.6 is 22.6 Å². The van der Waals surface area contributed by atoms with Gasteiger partial charge >= 0.3 is 0 Å². The fraction of sp³-hybridized carbons (Fsp3) is 0.500. The zero-order valence-corrected chi connectivity index (χ0v) is 13.0. The van der Waals surface area contributed by atoms with Gasteiger partial charge in [0.2, 0.25) is 5.91 Å². The van der Waals surface area contributed by atoms with Crippen LogP contribution in [0, 0.1) is 16.4 Å². The number of anilines is 1. The Labute approximate surface area is 122 Å². The number of nitrogens with zero attached hydrogens (tertiary/aromatic N) is 1. The zero-order valence-electron chi connectivity index (χ0n) is 10.9. The summed E-state index contributed by atoms with van der Waals surface area (Å²) < 4.78 is 1.19. The summed E-state index contributed by atoms with van der Waals surface area (Å²) in [6.07, 6.45) is 2.11. The Morgan fingerprint density at radius 3 is 2.94 bits per heavy atom. The standard InChI is InChI=1S/C14H19IN2O/c1-10-8-12(15)5-6-13(10)16-14(18)11-4-3-7-17(2)9-11/h5-6,8,11H,3-4,7,9H2,1-2H3,(H,16,18)/t11-/m1/s1. The highest BCUT2D eigenvalue weighted by Gasteiger charge is 2.24. The van der Waals surface area contributed by atoms with E-state index < -0.39 is 0 Å². The van der Waals surface area contributed by atoms with Crippen molar-refractivity contribution in [2.45, 2.75) is 19.8 Å². The highest BCUT2D eigenvalue weighted by atomic mass is 127. The summed E-state index contributed by atoms with van der Waals surface area (Å²) in [5.41, 5.74) is 2.06. The third-order valence-corrected chi connectivity index (χ3v) is 4.11. The summed E-state index contributed by atoms with van der Waals surface area (Å²) in [7, 11) is 2.08. The van der Waals surface area contributed by atoms with Crippen molar-refractivity contribution in [2.75, 3.05) is 25.5 Å². The number of piperidine rings is 1. The largest absolute Gasteiger partial charge is 0.326 e. The molecular formula is C14H19IN2O. The molecule has 0 bridgehead atoms. The number of hydrogen-bond donors (Lipinski definition) is 1. The van der Waals surface area contributed by atoms with E-state index in [0.29, 0.717) is 0 Å². The minimum Gasteiger partial charge on any atom is -0.326 e. The van der Waals surface area contributed by atoms with E-state index in [4.69, 9.17) is 0 Å². The molecule has 1 aliphatic rings. The van der Waals surface area contributed by atoms with Crippen LogP contribution < -0.4 is 5.32 Å². The van der Waals surface area contributed by atoms with E-state index in [0.717, 1.165) is 37.2 Å². The predicted octanol–water partition coefficient (Wildman–Crippen LogP) is 2.88. The van der Waals surface area contributed by atoms with Gasteiger partial charge in [-0.3, -0.25) is 4.79 Å². The van der Waals surface area contributed by atoms with Crippen LogP contribution in [0.25, 0.3) is 0 Å². The lowest BCUT2D eigenvalue weighted by Crippen LogP contribution is -2.38. The first-order chi connectivity index (χ1) is 8.56. The molecule has 2 rings (SSSR count). The van der Waals surface area contributed by atoms with E-state index in [1.807, 2.05) is 19.1 Å². The van der Waals surface area contributed by atoms with Gasteiger partial charge in [-0.05, 0) is 79.7 Å². The van der Waals surface area contributed by atoms with Crippen LogP contribution in [0.1, 0.15) is 18.4 Å². The topological polar surface area (TPSA) is 32.3 Å². The van der Waals surface area contributed by atoms with E-state index >= 15 is 0 Å². The number of rotatable bonds is 2. The zero-order chi connectivity index (χ0) is 13.1. The van der Waals surface area contributed by atoms with Gasteiger partial charge in [0.25, 0.3) is 0 Å². The van der Waals surface area contributed by atoms with Gasteiger partial charge in [0.1, 0.15) is 0 Å². The molecular weight excluding hydrogens is 339 g/mol. The van der Waals surface area contributed by atoms with Crippen LogP contribution in [-0.2, 0) is 4.79 Å². The molecule has 0 spiro atoms. The molecule has 1 heterocycles. The second-order valence-electron chi connectivity index (χ2n) is 5.05. The van der Waals surface area contributed by atoms with Crippen molar-refractivity contribution in [1.29, 1.82) is 0 Å². The molecule has 0 aromatic heterocycles. The van der Waals surface area contributed by atoms with Crippen LogP contribution in [0.2, 0.25) is 0 Å². The smallest absolute Gasteiger partial charge is 0.228 e. The Kier molecular flexibility index (Phi) is 4.61. The maximum absolute atomic E-state index is 12.2. The van der Waals surface area contributed by atoms with Crippen LogP contribution in [0.3, 0.4) is 0 Å². The van der Waals surface area contributed by atoms with Gasteiger partial charge in [0, 0.05) is 15.8 Å². The van der Waals surface area contributed by atoms with Gasteiger partial charge in [-0.15, -0.1) is 0 Å². The van der Waals surface area contributed by atoms with Crippen LogP contribution in [0.15, 0.2) is 18.2 Å². The van der Waals surface area contributed by atoms with Crippen molar-refractivity contribution >= 4 is 34.2 Å². The van der Waals surface area contributed by atoms with E-state index in [2.05, 4.69) is 45.9 Å². The molecule has 0 radical (unpaired) electrons. The summed E-state index contributed by atoms with van der Waals surface area (Å²) in [5, 5.41) is 3.06. The fourth-order valence-corrected chi connectivity index (χ4v) is 3.03. The minimum atomic E-state index is 0.127. The number of nitrogens with one attached hydrogen (secondary N) is 1. The summed E-state index contributed by atoms with van der Waals surface area (Å²) in [5.74, 6) is 0.285. The molecule has 1 aliphatic heterocycles. The molecule has 1 amide bonds. The number of carbonyl (C=O) groups excluding carboxylic acids is 1. The molecule has 1 fully saturated rings. The summed E-state index contributed by atoms with van der Waals surface area (Å²) in [6.45, 7) is 4.01. The van der Waals surface area contributed by atoms with Gasteiger partial charge in [-0.2, -0.15) is 0 Å². The summed E-state index contributed by atoms with van der Waals surface area (Å²) >= 11 is 2.28. The molecule has 18 heavy (non-hydrogen) atoms. The van der Waals surface area contributed by atoms with Crippen molar-refractivity contribution in [1.82, 2.24) is 4.90 Å². The first-order valence-corrected chi connectivity index (χ1v) is 7.39. The number of likely N-dealkylation sites (tertiary alicyclic amines) is 1. The molecule has 3 nitrogen and oxygen atoms in total. The molecule has 1 N–H and O–H groups in total. The van der Waals surface area contributed by atoms with E-state index in [9.17, 15) is 4.79 Å². The number of hydrogen-bond acceptors (Lipinski definition) is 2. The second kappa shape index (κ2) is 6.02. The van der Waals surface area contributed by atoms with Gasteiger partial charge in [0.15, 0.2) is 0 Å². The highest BCUT2D eigenvalue weighted by Crippen LogP contribution is 2.21. The van der Waals surface area contributed by atoms with Gasteiger partial charge < -0.3 is 10.2 Å². The van der Waals surface area contributed by atoms with Gasteiger partial charge in [-0.25, -0.2) is 0 Å². The SMILES string of the molecule is Cc1cc(I)ccc1NC(=O)[C@@H]1CCCN(C)C1. The Morgan fingerprint density at radius 1 is 1.50 bits per heavy atom. The molecule has 0 unspecified atom stereocenters. The third kappa shape index (κ3) is 3.45. The summed E-state index contributed by atoms with van der Waals surface area (Å²) in [6, 6.07) is 6.10. The van der Waals surface area contributed by atoms with E-state index in [1.54, 1.807) is 0 Å². The first-order valence-electron chi connectivity index (χ1n) is 6.32. The predicted molar refractivity (Wildman–Crippen MR) is 82.7 cm³/mol. The highest BCUT2D eigenvalue weighted by molar-refractivity contribution is 14.1. The maximum atomic E-state index is 12.2. The minimum absolute atomic E-state index is 0.127. The Balaban J connectivity index is 2.02. The molecule has 1 atom stereocenters. The molecule has 0 saturated carbocycles. The quantitative estimate of drug-likeness (QED) is 0.825. The lowest BCUT2D eigenvalue weighted by molar-refractivity contribution is -0.121. The van der Waals surface area contributed by atoms with Gasteiger partial charge in [-0.1, -0.05) is 0 Å². The normalized spacial score (nSPS) is 20.7.